The molecule has 0 heterocycles. The lowest BCUT2D eigenvalue weighted by Gasteiger charge is -2.50. The minimum Gasteiger partial charge on any atom is -0.414 e. The van der Waals surface area contributed by atoms with Crippen molar-refractivity contribution in [2.75, 3.05) is 0 Å². The third-order valence-electron chi connectivity index (χ3n) is 9.43. The fourth-order valence-electron chi connectivity index (χ4n) is 6.59. The first-order valence-electron chi connectivity index (χ1n) is 16.5. The molecule has 0 unspecified atom stereocenters. The van der Waals surface area contributed by atoms with Crippen LogP contribution in [-0.2, 0) is 4.43 Å². The first kappa shape index (κ1) is 21.2. The Morgan fingerprint density at radius 3 is 2.06 bits per heavy atom. The predicted octanol–water partition coefficient (Wildman–Crippen LogP) is 8.09. The van der Waals surface area contributed by atoms with Crippen LogP contribution in [0, 0.1) is 23.2 Å². The number of hydrogen-bond donors (Lipinski definition) is 2. The molecule has 0 amide bonds. The molecule has 0 radical (unpaired) electrons. The Labute approximate surface area is 216 Å². The average Bonchev–Trinajstić information content (AvgIpc) is 3.06. The summed E-state index contributed by atoms with van der Waals surface area (Å²) in [6, 6.07) is 0. The molecule has 196 valence electrons. The van der Waals surface area contributed by atoms with Gasteiger partial charge in [-0.15, -0.1) is 0 Å². The predicted molar refractivity (Wildman–Crippen MR) is 144 cm³/mol. The van der Waals surface area contributed by atoms with Crippen LogP contribution in [0.4, 0.5) is 0 Å². The highest BCUT2D eigenvalue weighted by Gasteiger charge is 2.54. The summed E-state index contributed by atoms with van der Waals surface area (Å²) >= 11 is 0. The van der Waals surface area contributed by atoms with Gasteiger partial charge in [-0.2, -0.15) is 0 Å². The number of fused-ring (bicyclic) bond motifs is 1. The van der Waals surface area contributed by atoms with Crippen molar-refractivity contribution in [3.05, 3.63) is 0 Å². The molecule has 0 aromatic carbocycles. The molecule has 2 saturated carbocycles. The first-order chi connectivity index (χ1) is 17.4. The summed E-state index contributed by atoms with van der Waals surface area (Å²) < 4.78 is 53.5. The molecule has 5 atom stereocenters. The van der Waals surface area contributed by atoms with Gasteiger partial charge >= 0.3 is 0 Å². The maximum atomic E-state index is 10.8. The molecule has 2 rings (SSSR count). The Morgan fingerprint density at radius 2 is 1.55 bits per heavy atom. The molecular weight excluding hydrogens is 424 g/mol. The van der Waals surface area contributed by atoms with Crippen LogP contribution in [0.5, 0.6) is 0 Å². The quantitative estimate of drug-likeness (QED) is 0.289. The SMILES string of the molecule is [2H]C([2H])([2H])C(O)(CCC[C@@H](CCCC(C)(C)O)[C@H]1CC[C@H]2[C@@H](O[Si](C)(C)C(C)(C)C)CCC[C@]12C)C([2H])([2H])[2H]. The van der Waals surface area contributed by atoms with E-state index in [1.54, 1.807) is 0 Å². The van der Waals surface area contributed by atoms with Crippen LogP contribution >= 0.6 is 0 Å². The van der Waals surface area contributed by atoms with E-state index in [1.165, 1.54) is 0 Å². The van der Waals surface area contributed by atoms with Gasteiger partial charge in [0.25, 0.3) is 0 Å². The number of aliphatic hydroxyl groups is 2. The maximum absolute atomic E-state index is 10.8. The molecule has 2 fully saturated rings. The van der Waals surface area contributed by atoms with Crippen LogP contribution < -0.4 is 0 Å². The smallest absolute Gasteiger partial charge is 0.192 e. The summed E-state index contributed by atoms with van der Waals surface area (Å²) in [5.41, 5.74) is -3.33. The van der Waals surface area contributed by atoms with E-state index in [-0.39, 0.29) is 28.9 Å². The van der Waals surface area contributed by atoms with Crippen LogP contribution in [-0.4, -0.2) is 35.8 Å². The Kier molecular flexibility index (Phi) is 6.82. The van der Waals surface area contributed by atoms with Gasteiger partial charge in [0.15, 0.2) is 8.32 Å². The molecule has 2 aliphatic rings. The summed E-state index contributed by atoms with van der Waals surface area (Å²) in [5.74, 6) is 1.21. The Hall–Kier alpha value is 0.0969. The van der Waals surface area contributed by atoms with Crippen LogP contribution in [0.15, 0.2) is 0 Å². The van der Waals surface area contributed by atoms with Gasteiger partial charge < -0.3 is 14.6 Å². The van der Waals surface area contributed by atoms with E-state index >= 15 is 0 Å². The van der Waals surface area contributed by atoms with Crippen molar-refractivity contribution in [2.24, 2.45) is 23.2 Å². The molecule has 0 aromatic heterocycles. The van der Waals surface area contributed by atoms with Gasteiger partial charge in [0.2, 0.25) is 0 Å². The zero-order chi connectivity index (χ0) is 30.3. The Balaban J connectivity index is 2.26. The maximum Gasteiger partial charge on any atom is 0.192 e. The molecule has 4 heteroatoms. The standard InChI is InChI=1S/C29H58O3Si/c1-26(2,3)33(9,10)32-25-16-13-21-29(8)23(17-18-24(25)29)22(14-11-19-27(4,5)30)15-12-20-28(6,7)31/h22-25,30-31H,11-21H2,1-10H3/t23-,24+,25+,29-/m1/s1/i4D3,5D3/t22-,23+,24-,25-,29+/m0. The second kappa shape index (κ2) is 10.6. The van der Waals surface area contributed by atoms with E-state index < -0.39 is 33.2 Å². The van der Waals surface area contributed by atoms with Crippen LogP contribution in [0.25, 0.3) is 0 Å². The molecule has 2 aliphatic carbocycles. The van der Waals surface area contributed by atoms with Crippen molar-refractivity contribution >= 4 is 8.32 Å². The summed E-state index contributed by atoms with van der Waals surface area (Å²) in [7, 11) is -1.92. The lowest BCUT2D eigenvalue weighted by molar-refractivity contribution is -0.0259. The fourth-order valence-corrected chi connectivity index (χ4v) is 7.99. The molecule has 0 spiro atoms. The monoisotopic (exact) mass is 488 g/mol. The zero-order valence-electron chi connectivity index (χ0n) is 28.9. The highest BCUT2D eigenvalue weighted by Crippen LogP contribution is 2.60. The molecule has 33 heavy (non-hydrogen) atoms. The summed E-state index contributed by atoms with van der Waals surface area (Å²) in [5, 5.41) is 21.3. The van der Waals surface area contributed by atoms with Crippen molar-refractivity contribution in [2.45, 2.75) is 161 Å². The molecule has 0 bridgehead atoms. The van der Waals surface area contributed by atoms with Crippen molar-refractivity contribution < 1.29 is 22.9 Å². The van der Waals surface area contributed by atoms with Gasteiger partial charge in [0.05, 0.1) is 11.2 Å². The molecular formula is C29H58O3Si. The normalized spacial score (nSPS) is 33.8. The Morgan fingerprint density at radius 1 is 0.970 bits per heavy atom. The van der Waals surface area contributed by atoms with E-state index in [9.17, 15) is 10.2 Å². The highest BCUT2D eigenvalue weighted by atomic mass is 28.4. The molecule has 0 saturated heterocycles. The van der Waals surface area contributed by atoms with E-state index in [0.717, 1.165) is 44.9 Å². The second-order valence-corrected chi connectivity index (χ2v) is 18.6. The molecule has 0 aliphatic heterocycles. The van der Waals surface area contributed by atoms with E-state index in [0.29, 0.717) is 31.1 Å². The first-order valence-corrected chi connectivity index (χ1v) is 16.4. The van der Waals surface area contributed by atoms with Crippen molar-refractivity contribution in [1.82, 2.24) is 0 Å². The molecule has 3 nitrogen and oxygen atoms in total. The van der Waals surface area contributed by atoms with E-state index in [2.05, 4.69) is 40.8 Å². The zero-order valence-corrected chi connectivity index (χ0v) is 23.9. The van der Waals surface area contributed by atoms with Crippen molar-refractivity contribution in [3.8, 4) is 0 Å². The van der Waals surface area contributed by atoms with Gasteiger partial charge in [-0.3, -0.25) is 0 Å². The third-order valence-corrected chi connectivity index (χ3v) is 13.9. The van der Waals surface area contributed by atoms with Crippen LogP contribution in [0.2, 0.25) is 18.1 Å². The summed E-state index contributed by atoms with van der Waals surface area (Å²) in [6.07, 6.45) is 9.08. The lowest BCUT2D eigenvalue weighted by atomic mass is 9.60. The second-order valence-electron chi connectivity index (χ2n) is 13.8. The number of rotatable bonds is 11. The average molecular weight is 489 g/mol. The fraction of sp³-hybridized carbons (Fsp3) is 1.00. The molecule has 2 N–H and O–H groups in total. The lowest BCUT2D eigenvalue weighted by Crippen LogP contribution is -2.50. The van der Waals surface area contributed by atoms with Gasteiger partial charge in [0, 0.05) is 14.3 Å². The summed E-state index contributed by atoms with van der Waals surface area (Å²) in [4.78, 5) is 0. The largest absolute Gasteiger partial charge is 0.414 e. The van der Waals surface area contributed by atoms with Gasteiger partial charge in [-0.05, 0) is 107 Å². The van der Waals surface area contributed by atoms with E-state index in [4.69, 9.17) is 12.7 Å². The third kappa shape index (κ3) is 8.05. The van der Waals surface area contributed by atoms with E-state index in [1.807, 2.05) is 13.8 Å². The van der Waals surface area contributed by atoms with Crippen molar-refractivity contribution in [3.63, 3.8) is 0 Å². The Bertz CT molecular complexity index is 785. The minimum absolute atomic E-state index is 0.120. The van der Waals surface area contributed by atoms with Gasteiger partial charge in [-0.25, -0.2) is 0 Å². The van der Waals surface area contributed by atoms with Gasteiger partial charge in [-0.1, -0.05) is 59.8 Å². The van der Waals surface area contributed by atoms with Crippen LogP contribution in [0.3, 0.4) is 0 Å². The highest BCUT2D eigenvalue weighted by molar-refractivity contribution is 6.74. The summed E-state index contributed by atoms with van der Waals surface area (Å²) in [6.45, 7) is 11.7. The van der Waals surface area contributed by atoms with Crippen molar-refractivity contribution in [1.29, 1.82) is 0 Å². The number of hydrogen-bond acceptors (Lipinski definition) is 3. The minimum atomic E-state index is -2.98. The van der Waals surface area contributed by atoms with Crippen LogP contribution in [0.1, 0.15) is 134 Å². The topological polar surface area (TPSA) is 49.7 Å². The molecule has 0 aromatic rings. The van der Waals surface area contributed by atoms with Gasteiger partial charge in [0.1, 0.15) is 0 Å².